The van der Waals surface area contributed by atoms with E-state index in [1.165, 1.54) is 0 Å². The summed E-state index contributed by atoms with van der Waals surface area (Å²) in [7, 11) is 0. The van der Waals surface area contributed by atoms with E-state index < -0.39 is 11.7 Å². The summed E-state index contributed by atoms with van der Waals surface area (Å²) in [6.45, 7) is 5.78. The summed E-state index contributed by atoms with van der Waals surface area (Å²) in [4.78, 5) is 3.92. The minimum atomic E-state index is -4.44. The van der Waals surface area contributed by atoms with E-state index in [2.05, 4.69) is 15.7 Å². The second kappa shape index (κ2) is 8.04. The van der Waals surface area contributed by atoms with Crippen molar-refractivity contribution in [3.05, 3.63) is 17.7 Å². The van der Waals surface area contributed by atoms with Gasteiger partial charge >= 0.3 is 6.18 Å². The number of pyridine rings is 1. The molecular formula is C13H21F3N4O. The monoisotopic (exact) mass is 306 g/mol. The summed E-state index contributed by atoms with van der Waals surface area (Å²) in [6.07, 6.45) is -3.76. The van der Waals surface area contributed by atoms with E-state index in [-0.39, 0.29) is 11.6 Å². The molecule has 0 radical (unpaired) electrons. The first-order chi connectivity index (χ1) is 9.82. The van der Waals surface area contributed by atoms with Gasteiger partial charge < -0.3 is 15.5 Å². The molecule has 0 amide bonds. The van der Waals surface area contributed by atoms with E-state index >= 15 is 0 Å². The van der Waals surface area contributed by atoms with E-state index in [9.17, 15) is 13.2 Å². The fraction of sp³-hybridized carbons (Fsp3) is 0.615. The first-order valence-electron chi connectivity index (χ1n) is 6.70. The van der Waals surface area contributed by atoms with Gasteiger partial charge in [0.2, 0.25) is 0 Å². The molecule has 0 unspecified atom stereocenters. The normalized spacial score (nSPS) is 11.8. The van der Waals surface area contributed by atoms with E-state index in [0.717, 1.165) is 12.1 Å². The Morgan fingerprint density at radius 1 is 1.29 bits per heavy atom. The van der Waals surface area contributed by atoms with Crippen molar-refractivity contribution in [3.63, 3.8) is 0 Å². The van der Waals surface area contributed by atoms with Gasteiger partial charge in [0.25, 0.3) is 0 Å². The van der Waals surface area contributed by atoms with Gasteiger partial charge in [-0.2, -0.15) is 13.2 Å². The molecule has 4 N–H and O–H groups in total. The molecule has 0 atom stereocenters. The van der Waals surface area contributed by atoms with Crippen LogP contribution in [0.5, 0.6) is 0 Å². The standard InChI is InChI=1S/C13H21F3N4O/c1-9(2)8-21-5-3-4-18-11-6-10(13(14,15)16)7-12(19-11)20-17/h6-7,9H,3-5,8,17H2,1-2H3,(H2,18,19,20). The third kappa shape index (κ3) is 6.63. The Kier molecular flexibility index (Phi) is 6.70. The van der Waals surface area contributed by atoms with Crippen LogP contribution in [-0.4, -0.2) is 24.7 Å². The molecule has 1 heterocycles. The number of nitrogens with zero attached hydrogens (tertiary/aromatic N) is 1. The molecule has 0 aliphatic carbocycles. The number of alkyl halides is 3. The molecule has 0 aromatic carbocycles. The average Bonchev–Trinajstić information content (AvgIpc) is 2.41. The van der Waals surface area contributed by atoms with Gasteiger partial charge in [-0.05, 0) is 24.5 Å². The van der Waals surface area contributed by atoms with Crippen LogP contribution in [-0.2, 0) is 10.9 Å². The highest BCUT2D eigenvalue weighted by Crippen LogP contribution is 2.31. The van der Waals surface area contributed by atoms with Crippen LogP contribution >= 0.6 is 0 Å². The van der Waals surface area contributed by atoms with Crippen LogP contribution in [0.4, 0.5) is 24.8 Å². The van der Waals surface area contributed by atoms with Crippen molar-refractivity contribution in [1.29, 1.82) is 0 Å². The van der Waals surface area contributed by atoms with Gasteiger partial charge in [0, 0.05) is 19.8 Å². The van der Waals surface area contributed by atoms with Crippen molar-refractivity contribution in [2.75, 3.05) is 30.5 Å². The lowest BCUT2D eigenvalue weighted by atomic mass is 10.2. The lowest BCUT2D eigenvalue weighted by molar-refractivity contribution is -0.137. The predicted octanol–water partition coefficient (Wildman–Crippen LogP) is 2.86. The quantitative estimate of drug-likeness (QED) is 0.391. The number of nitrogens with two attached hydrogens (primary N) is 1. The summed E-state index contributed by atoms with van der Waals surface area (Å²) < 4.78 is 43.5. The van der Waals surface area contributed by atoms with Crippen molar-refractivity contribution >= 4 is 11.6 Å². The number of aromatic nitrogens is 1. The van der Waals surface area contributed by atoms with E-state index in [0.29, 0.717) is 32.1 Å². The molecule has 120 valence electrons. The number of anilines is 2. The maximum atomic E-state index is 12.7. The van der Waals surface area contributed by atoms with Gasteiger partial charge in [0.1, 0.15) is 11.6 Å². The highest BCUT2D eigenvalue weighted by molar-refractivity contribution is 5.49. The Balaban J connectivity index is 2.51. The third-order valence-electron chi connectivity index (χ3n) is 2.52. The Hall–Kier alpha value is -1.54. The zero-order valence-corrected chi connectivity index (χ0v) is 12.1. The third-order valence-corrected chi connectivity index (χ3v) is 2.52. The summed E-state index contributed by atoms with van der Waals surface area (Å²) >= 11 is 0. The van der Waals surface area contributed by atoms with Crippen LogP contribution in [0.15, 0.2) is 12.1 Å². The van der Waals surface area contributed by atoms with Crippen LogP contribution in [0.1, 0.15) is 25.8 Å². The molecule has 0 aliphatic rings. The molecule has 0 bridgehead atoms. The highest BCUT2D eigenvalue weighted by atomic mass is 19.4. The van der Waals surface area contributed by atoms with Crippen molar-refractivity contribution < 1.29 is 17.9 Å². The Morgan fingerprint density at radius 2 is 1.95 bits per heavy atom. The molecule has 1 rings (SSSR count). The van der Waals surface area contributed by atoms with Crippen LogP contribution in [0.2, 0.25) is 0 Å². The first kappa shape index (κ1) is 17.5. The Labute approximate surface area is 122 Å². The second-order valence-corrected chi connectivity index (χ2v) is 5.02. The first-order valence-corrected chi connectivity index (χ1v) is 6.70. The molecule has 5 nitrogen and oxygen atoms in total. The Morgan fingerprint density at radius 3 is 2.52 bits per heavy atom. The smallest absolute Gasteiger partial charge is 0.381 e. The number of hydrogen-bond acceptors (Lipinski definition) is 5. The van der Waals surface area contributed by atoms with Crippen molar-refractivity contribution in [2.45, 2.75) is 26.4 Å². The molecule has 1 aromatic rings. The Bertz CT molecular complexity index is 438. The maximum absolute atomic E-state index is 12.7. The largest absolute Gasteiger partial charge is 0.416 e. The number of halogens is 3. The number of nitrogen functional groups attached to an aromatic ring is 1. The molecule has 0 saturated heterocycles. The molecular weight excluding hydrogens is 285 g/mol. The minimum absolute atomic E-state index is 0.0385. The number of hydrogen-bond donors (Lipinski definition) is 3. The van der Waals surface area contributed by atoms with Gasteiger partial charge in [-0.15, -0.1) is 0 Å². The van der Waals surface area contributed by atoms with Gasteiger partial charge in [-0.1, -0.05) is 13.8 Å². The fourth-order valence-corrected chi connectivity index (χ4v) is 1.57. The van der Waals surface area contributed by atoms with Crippen molar-refractivity contribution in [1.82, 2.24) is 4.98 Å². The van der Waals surface area contributed by atoms with E-state index in [1.54, 1.807) is 0 Å². The molecule has 0 aliphatic heterocycles. The zero-order valence-electron chi connectivity index (χ0n) is 12.1. The van der Waals surface area contributed by atoms with Gasteiger partial charge in [0.15, 0.2) is 0 Å². The van der Waals surface area contributed by atoms with E-state index in [4.69, 9.17) is 10.6 Å². The summed E-state index contributed by atoms with van der Waals surface area (Å²) in [5.74, 6) is 5.67. The lowest BCUT2D eigenvalue weighted by Gasteiger charge is -2.12. The molecule has 0 spiro atoms. The average molecular weight is 306 g/mol. The van der Waals surface area contributed by atoms with Gasteiger partial charge in [-0.25, -0.2) is 10.8 Å². The molecule has 21 heavy (non-hydrogen) atoms. The van der Waals surface area contributed by atoms with E-state index in [1.807, 2.05) is 13.8 Å². The molecule has 8 heteroatoms. The van der Waals surface area contributed by atoms with Gasteiger partial charge in [0.05, 0.1) is 5.56 Å². The predicted molar refractivity (Wildman–Crippen MR) is 75.8 cm³/mol. The minimum Gasteiger partial charge on any atom is -0.381 e. The SMILES string of the molecule is CC(C)COCCCNc1cc(C(F)(F)F)cc(NN)n1. The number of hydrazine groups is 1. The number of ether oxygens (including phenoxy) is 1. The van der Waals surface area contributed by atoms with Crippen LogP contribution in [0.3, 0.4) is 0 Å². The maximum Gasteiger partial charge on any atom is 0.416 e. The van der Waals surface area contributed by atoms with Crippen molar-refractivity contribution in [3.8, 4) is 0 Å². The number of rotatable bonds is 8. The lowest BCUT2D eigenvalue weighted by Crippen LogP contribution is -2.15. The van der Waals surface area contributed by atoms with Crippen LogP contribution < -0.4 is 16.6 Å². The summed E-state index contributed by atoms with van der Waals surface area (Å²) in [5.41, 5.74) is 1.33. The van der Waals surface area contributed by atoms with Crippen LogP contribution in [0, 0.1) is 5.92 Å². The molecule has 0 saturated carbocycles. The van der Waals surface area contributed by atoms with Gasteiger partial charge in [-0.3, -0.25) is 0 Å². The molecule has 0 fully saturated rings. The second-order valence-electron chi connectivity index (χ2n) is 5.02. The zero-order chi connectivity index (χ0) is 15.9. The van der Waals surface area contributed by atoms with Crippen molar-refractivity contribution in [2.24, 2.45) is 11.8 Å². The fourth-order valence-electron chi connectivity index (χ4n) is 1.57. The highest BCUT2D eigenvalue weighted by Gasteiger charge is 2.31. The summed E-state index contributed by atoms with van der Waals surface area (Å²) in [5, 5.41) is 2.83. The summed E-state index contributed by atoms with van der Waals surface area (Å²) in [6, 6.07) is 1.81. The van der Waals surface area contributed by atoms with Crippen LogP contribution in [0.25, 0.3) is 0 Å². The molecule has 1 aromatic heterocycles. The number of nitrogens with one attached hydrogen (secondary N) is 2. The topological polar surface area (TPSA) is 72.2 Å².